The van der Waals surface area contributed by atoms with E-state index in [9.17, 15) is 5.21 Å². The molecule has 0 rings (SSSR count). The van der Waals surface area contributed by atoms with Crippen LogP contribution >= 0.6 is 11.6 Å². The van der Waals surface area contributed by atoms with E-state index in [1.54, 1.807) is 7.05 Å². The molecule has 7 heteroatoms. The highest BCUT2D eigenvalue weighted by Crippen LogP contribution is 2.08. The molecule has 0 aromatic heterocycles. The van der Waals surface area contributed by atoms with Crippen LogP contribution in [0.3, 0.4) is 0 Å². The van der Waals surface area contributed by atoms with Crippen molar-refractivity contribution in [3.63, 3.8) is 0 Å². The Morgan fingerprint density at radius 2 is 2.07 bits per heavy atom. The largest absolute Gasteiger partial charge is 0.395 e. The first-order chi connectivity index (χ1) is 6.54. The Hall–Kier alpha value is 0.0500. The molecular weight excluding hydrogens is 210 g/mol. The van der Waals surface area contributed by atoms with Gasteiger partial charge >= 0.3 is 0 Å². The van der Waals surface area contributed by atoms with Crippen molar-refractivity contribution in [3.05, 3.63) is 0 Å². The van der Waals surface area contributed by atoms with E-state index in [2.05, 4.69) is 10.4 Å². The summed E-state index contributed by atoms with van der Waals surface area (Å²) in [7, 11) is 1.62. The van der Waals surface area contributed by atoms with Crippen LogP contribution in [0.15, 0.2) is 0 Å². The van der Waals surface area contributed by atoms with Gasteiger partial charge in [-0.2, -0.15) is 5.01 Å². The zero-order chi connectivity index (χ0) is 11.1. The van der Waals surface area contributed by atoms with Crippen LogP contribution in [0.5, 0.6) is 0 Å². The third-order valence-electron chi connectivity index (χ3n) is 1.94. The van der Waals surface area contributed by atoms with E-state index in [-0.39, 0.29) is 24.6 Å². The molecule has 14 heavy (non-hydrogen) atoms. The molecule has 0 saturated heterocycles. The fraction of sp³-hybridized carbons (Fsp3) is 1.00. The number of likely N-dealkylation sites (N-methyl/N-ethyl adjacent to an activating group) is 1. The number of nitrogens with zero attached hydrogens (tertiary/aromatic N) is 2. The van der Waals surface area contributed by atoms with Crippen molar-refractivity contribution >= 4 is 11.6 Å². The normalized spacial score (nSPS) is 14.4. The molecule has 0 aliphatic rings. The molecule has 0 amide bonds. The number of hydrogen-bond donors (Lipinski definition) is 3. The summed E-state index contributed by atoms with van der Waals surface area (Å²) in [5.74, 6) is 0.192. The zero-order valence-corrected chi connectivity index (χ0v) is 9.40. The number of aliphatic hydroxyl groups excluding tert-OH is 1. The summed E-state index contributed by atoms with van der Waals surface area (Å²) in [6, 6.07) is -0.289. The van der Waals surface area contributed by atoms with Gasteiger partial charge in [-0.15, -0.1) is 0 Å². The predicted octanol–water partition coefficient (Wildman–Crippen LogP) is 0.174. The fourth-order valence-corrected chi connectivity index (χ4v) is 1.10. The highest BCUT2D eigenvalue weighted by Gasteiger charge is 2.22. The minimum Gasteiger partial charge on any atom is -0.395 e. The first kappa shape index (κ1) is 14.1. The van der Waals surface area contributed by atoms with Gasteiger partial charge in [-0.1, -0.05) is 31.0 Å². The van der Waals surface area contributed by atoms with E-state index in [0.717, 1.165) is 0 Å². The van der Waals surface area contributed by atoms with Crippen LogP contribution < -0.4 is 5.59 Å². The van der Waals surface area contributed by atoms with Gasteiger partial charge in [0, 0.05) is 7.05 Å². The highest BCUT2D eigenvalue weighted by molar-refractivity contribution is 6.17. The standard InChI is InChI=1S/C7H18ClN3O3/c1-6(2)7(4-12)10(3)11(13)9-14-5-8/h6-7,9,12-13H,4-5H2,1-3H3/t7-/m1/s1. The number of hydrazine groups is 2. The number of alkyl halides is 1. The van der Waals surface area contributed by atoms with Crippen molar-refractivity contribution in [1.82, 2.24) is 15.9 Å². The minimum atomic E-state index is -0.202. The van der Waals surface area contributed by atoms with E-state index >= 15 is 0 Å². The smallest absolute Gasteiger partial charge is 0.144 e. The maximum atomic E-state index is 9.35. The van der Waals surface area contributed by atoms with Gasteiger partial charge in [-0.3, -0.25) is 10.0 Å². The fourth-order valence-electron chi connectivity index (χ4n) is 1.05. The van der Waals surface area contributed by atoms with E-state index in [1.165, 1.54) is 5.01 Å². The zero-order valence-electron chi connectivity index (χ0n) is 8.64. The maximum Gasteiger partial charge on any atom is 0.144 e. The quantitative estimate of drug-likeness (QED) is 0.426. The molecule has 0 saturated carbocycles. The van der Waals surface area contributed by atoms with Crippen molar-refractivity contribution in [2.75, 3.05) is 19.7 Å². The first-order valence-corrected chi connectivity index (χ1v) is 4.84. The van der Waals surface area contributed by atoms with E-state index in [4.69, 9.17) is 16.7 Å². The lowest BCUT2D eigenvalue weighted by Crippen LogP contribution is -2.54. The molecule has 0 aliphatic carbocycles. The van der Waals surface area contributed by atoms with Crippen molar-refractivity contribution in [2.24, 2.45) is 5.92 Å². The number of halogens is 1. The second kappa shape index (κ2) is 7.36. The molecule has 86 valence electrons. The SMILES string of the molecule is CC(C)[C@@H](CO)N(C)N(O)NOCCl. The molecule has 6 nitrogen and oxygen atoms in total. The number of hydrogen-bond acceptors (Lipinski definition) is 6. The maximum absolute atomic E-state index is 9.35. The van der Waals surface area contributed by atoms with Gasteiger partial charge in [0.2, 0.25) is 0 Å². The molecule has 3 N–H and O–H groups in total. The van der Waals surface area contributed by atoms with Gasteiger partial charge in [0.25, 0.3) is 0 Å². The topological polar surface area (TPSA) is 68.2 Å². The molecule has 1 atom stereocenters. The van der Waals surface area contributed by atoms with Gasteiger partial charge in [-0.05, 0) is 11.2 Å². The van der Waals surface area contributed by atoms with Gasteiger partial charge in [0.1, 0.15) is 6.07 Å². The van der Waals surface area contributed by atoms with Gasteiger partial charge in [0.15, 0.2) is 0 Å². The molecule has 0 radical (unpaired) electrons. The van der Waals surface area contributed by atoms with E-state index in [0.29, 0.717) is 5.28 Å². The Bertz CT molecular complexity index is 150. The second-order valence-electron chi connectivity index (χ2n) is 3.20. The lowest BCUT2D eigenvalue weighted by atomic mass is 10.1. The summed E-state index contributed by atoms with van der Waals surface area (Å²) in [6.07, 6.45) is 0. The molecule has 0 fully saturated rings. The summed E-state index contributed by atoms with van der Waals surface area (Å²) >= 11 is 5.24. The van der Waals surface area contributed by atoms with Crippen molar-refractivity contribution < 1.29 is 15.2 Å². The van der Waals surface area contributed by atoms with Gasteiger partial charge in [-0.25, -0.2) is 0 Å². The molecule has 0 bridgehead atoms. The monoisotopic (exact) mass is 227 g/mol. The lowest BCUT2D eigenvalue weighted by Gasteiger charge is -2.33. The summed E-state index contributed by atoms with van der Waals surface area (Å²) in [5, 5.41) is 20.5. The van der Waals surface area contributed by atoms with Crippen molar-refractivity contribution in [1.29, 1.82) is 0 Å². The first-order valence-electron chi connectivity index (χ1n) is 4.30. The summed E-state index contributed by atoms with van der Waals surface area (Å²) in [5.41, 5.74) is 2.17. The van der Waals surface area contributed by atoms with E-state index < -0.39 is 0 Å². The molecule has 0 aromatic rings. The van der Waals surface area contributed by atoms with E-state index in [1.807, 2.05) is 13.8 Å². The molecule has 0 spiro atoms. The minimum absolute atomic E-state index is 0.0617. The Morgan fingerprint density at radius 1 is 1.50 bits per heavy atom. The third kappa shape index (κ3) is 4.52. The van der Waals surface area contributed by atoms with Crippen LogP contribution in [-0.4, -0.2) is 46.4 Å². The molecule has 0 aromatic carbocycles. The van der Waals surface area contributed by atoms with Crippen LogP contribution in [0.2, 0.25) is 0 Å². The predicted molar refractivity (Wildman–Crippen MR) is 52.0 cm³/mol. The summed E-state index contributed by atoms with van der Waals surface area (Å²) < 4.78 is 0. The molecular formula is C7H18ClN3O3. The lowest BCUT2D eigenvalue weighted by molar-refractivity contribution is -0.348. The number of aliphatic hydroxyl groups is 1. The number of rotatable bonds is 7. The Kier molecular flexibility index (Phi) is 7.38. The van der Waals surface area contributed by atoms with Crippen molar-refractivity contribution in [3.8, 4) is 0 Å². The third-order valence-corrected chi connectivity index (χ3v) is 2.05. The van der Waals surface area contributed by atoms with Crippen LogP contribution in [0.1, 0.15) is 13.8 Å². The van der Waals surface area contributed by atoms with Gasteiger partial charge in [0.05, 0.1) is 12.6 Å². The van der Waals surface area contributed by atoms with Gasteiger partial charge < -0.3 is 5.11 Å². The Morgan fingerprint density at radius 3 is 2.43 bits per heavy atom. The van der Waals surface area contributed by atoms with Crippen LogP contribution in [0, 0.1) is 5.92 Å². The average Bonchev–Trinajstić information content (AvgIpc) is 2.14. The van der Waals surface area contributed by atoms with Crippen LogP contribution in [0.4, 0.5) is 0 Å². The second-order valence-corrected chi connectivity index (χ2v) is 3.42. The number of nitrogens with one attached hydrogen (secondary N) is 1. The summed E-state index contributed by atoms with van der Waals surface area (Å²) in [6.45, 7) is 3.81. The Balaban J connectivity index is 4.05. The summed E-state index contributed by atoms with van der Waals surface area (Å²) in [4.78, 5) is 4.56. The molecule has 0 aliphatic heterocycles. The molecule has 0 unspecified atom stereocenters. The van der Waals surface area contributed by atoms with Crippen LogP contribution in [0.25, 0.3) is 0 Å². The average molecular weight is 228 g/mol. The van der Waals surface area contributed by atoms with Crippen molar-refractivity contribution in [2.45, 2.75) is 19.9 Å². The highest BCUT2D eigenvalue weighted by atomic mass is 35.5. The molecule has 0 heterocycles. The van der Waals surface area contributed by atoms with Crippen LogP contribution in [-0.2, 0) is 4.84 Å². The Labute approximate surface area is 88.9 Å².